The van der Waals surface area contributed by atoms with Gasteiger partial charge in [-0.05, 0) is 5.92 Å². The number of carbonyl (C=O) groups is 1. The summed E-state index contributed by atoms with van der Waals surface area (Å²) in [5, 5.41) is 5.40. The molecule has 2 rings (SSSR count). The fourth-order valence-electron chi connectivity index (χ4n) is 2.18. The van der Waals surface area contributed by atoms with Crippen molar-refractivity contribution in [1.29, 1.82) is 0 Å². The van der Waals surface area contributed by atoms with Crippen molar-refractivity contribution in [2.24, 2.45) is 13.0 Å². The SMILES string of the molecule is Cn1nc(C(C)(C)C)cc1N1CC(CBr)CC1=O. The van der Waals surface area contributed by atoms with Crippen LogP contribution in [0.4, 0.5) is 5.82 Å². The zero-order chi connectivity index (χ0) is 13.5. The summed E-state index contributed by atoms with van der Waals surface area (Å²) in [4.78, 5) is 13.9. The van der Waals surface area contributed by atoms with E-state index in [4.69, 9.17) is 0 Å². The van der Waals surface area contributed by atoms with Crippen LogP contribution in [0.15, 0.2) is 6.07 Å². The summed E-state index contributed by atoms with van der Waals surface area (Å²) >= 11 is 3.46. The van der Waals surface area contributed by atoms with Crippen LogP contribution in [0.2, 0.25) is 0 Å². The number of carbonyl (C=O) groups excluding carboxylic acids is 1. The number of halogens is 1. The Morgan fingerprint density at radius 1 is 1.50 bits per heavy atom. The molecule has 2 heterocycles. The topological polar surface area (TPSA) is 38.1 Å². The molecule has 1 atom stereocenters. The summed E-state index contributed by atoms with van der Waals surface area (Å²) in [6.07, 6.45) is 0.626. The monoisotopic (exact) mass is 313 g/mol. The first-order valence-corrected chi connectivity index (χ1v) is 7.36. The lowest BCUT2D eigenvalue weighted by atomic mass is 9.92. The van der Waals surface area contributed by atoms with Gasteiger partial charge in [-0.3, -0.25) is 14.4 Å². The zero-order valence-corrected chi connectivity index (χ0v) is 13.0. The van der Waals surface area contributed by atoms with E-state index in [1.54, 1.807) is 0 Å². The Morgan fingerprint density at radius 2 is 2.17 bits per heavy atom. The number of rotatable bonds is 2. The van der Waals surface area contributed by atoms with Gasteiger partial charge in [0.2, 0.25) is 5.91 Å². The first-order chi connectivity index (χ1) is 8.32. The van der Waals surface area contributed by atoms with Gasteiger partial charge in [0.25, 0.3) is 0 Å². The highest BCUT2D eigenvalue weighted by Crippen LogP contribution is 2.29. The molecule has 4 nitrogen and oxygen atoms in total. The Labute approximate surface area is 116 Å². The molecule has 1 unspecified atom stereocenters. The van der Waals surface area contributed by atoms with Crippen LogP contribution in [0.1, 0.15) is 32.9 Å². The van der Waals surface area contributed by atoms with Crippen molar-refractivity contribution >= 4 is 27.7 Å². The molecule has 0 radical (unpaired) electrons. The van der Waals surface area contributed by atoms with Gasteiger partial charge in [-0.25, -0.2) is 0 Å². The molecule has 1 aliphatic heterocycles. The predicted octanol–water partition coefficient (Wildman–Crippen LogP) is 2.47. The predicted molar refractivity (Wildman–Crippen MR) is 76.2 cm³/mol. The van der Waals surface area contributed by atoms with Crippen molar-refractivity contribution in [2.45, 2.75) is 32.6 Å². The lowest BCUT2D eigenvalue weighted by molar-refractivity contribution is -0.117. The van der Waals surface area contributed by atoms with Crippen LogP contribution in [0.5, 0.6) is 0 Å². The molecular formula is C13H20BrN3O. The molecule has 1 aromatic heterocycles. The minimum atomic E-state index is 0.00755. The average Bonchev–Trinajstić information content (AvgIpc) is 2.81. The number of amides is 1. The van der Waals surface area contributed by atoms with E-state index >= 15 is 0 Å². The lowest BCUT2D eigenvalue weighted by Crippen LogP contribution is -2.26. The smallest absolute Gasteiger partial charge is 0.228 e. The number of aromatic nitrogens is 2. The van der Waals surface area contributed by atoms with E-state index in [0.717, 1.165) is 23.4 Å². The number of hydrogen-bond acceptors (Lipinski definition) is 2. The molecule has 0 bridgehead atoms. The molecular weight excluding hydrogens is 294 g/mol. The van der Waals surface area contributed by atoms with Gasteiger partial charge in [-0.1, -0.05) is 36.7 Å². The third kappa shape index (κ3) is 2.46. The molecule has 5 heteroatoms. The second-order valence-corrected chi connectivity index (χ2v) is 6.64. The van der Waals surface area contributed by atoms with E-state index in [1.807, 2.05) is 22.7 Å². The Hall–Kier alpha value is -0.840. The largest absolute Gasteiger partial charge is 0.297 e. The van der Waals surface area contributed by atoms with Crippen molar-refractivity contribution < 1.29 is 4.79 Å². The number of aryl methyl sites for hydroxylation is 1. The van der Waals surface area contributed by atoms with Crippen molar-refractivity contribution in [3.8, 4) is 0 Å². The summed E-state index contributed by atoms with van der Waals surface area (Å²) in [5.74, 6) is 1.52. The van der Waals surface area contributed by atoms with E-state index in [-0.39, 0.29) is 11.3 Å². The van der Waals surface area contributed by atoms with Crippen LogP contribution < -0.4 is 4.90 Å². The number of alkyl halides is 1. The highest BCUT2D eigenvalue weighted by molar-refractivity contribution is 9.09. The summed E-state index contributed by atoms with van der Waals surface area (Å²) in [6.45, 7) is 7.18. The quantitative estimate of drug-likeness (QED) is 0.787. The first kappa shape index (κ1) is 13.6. The lowest BCUT2D eigenvalue weighted by Gasteiger charge is -2.16. The fraction of sp³-hybridized carbons (Fsp3) is 0.692. The van der Waals surface area contributed by atoms with Gasteiger partial charge in [-0.2, -0.15) is 5.10 Å². The highest BCUT2D eigenvalue weighted by atomic mass is 79.9. The third-order valence-electron chi connectivity index (χ3n) is 3.32. The standard InChI is InChI=1S/C13H20BrN3O/c1-13(2,3)10-6-11(16(4)15-10)17-8-9(7-14)5-12(17)18/h6,9H,5,7-8H2,1-4H3. The summed E-state index contributed by atoms with van der Waals surface area (Å²) in [7, 11) is 1.90. The molecule has 1 aliphatic rings. The van der Waals surface area contributed by atoms with Gasteiger partial charge in [0.15, 0.2) is 0 Å². The van der Waals surface area contributed by atoms with Gasteiger partial charge in [0, 0.05) is 36.8 Å². The van der Waals surface area contributed by atoms with Gasteiger partial charge in [-0.15, -0.1) is 0 Å². The average molecular weight is 314 g/mol. The molecule has 100 valence electrons. The van der Waals surface area contributed by atoms with Crippen LogP contribution in [0.25, 0.3) is 0 Å². The number of anilines is 1. The summed E-state index contributed by atoms with van der Waals surface area (Å²) < 4.78 is 1.81. The Balaban J connectivity index is 2.29. The maximum atomic E-state index is 12.0. The van der Waals surface area contributed by atoms with E-state index in [9.17, 15) is 4.79 Å². The van der Waals surface area contributed by atoms with Gasteiger partial charge >= 0.3 is 0 Å². The van der Waals surface area contributed by atoms with E-state index in [2.05, 4.69) is 41.8 Å². The van der Waals surface area contributed by atoms with Crippen LogP contribution >= 0.6 is 15.9 Å². The molecule has 18 heavy (non-hydrogen) atoms. The second kappa shape index (κ2) is 4.68. The molecule has 0 saturated carbocycles. The minimum Gasteiger partial charge on any atom is -0.297 e. The number of hydrogen-bond donors (Lipinski definition) is 0. The highest BCUT2D eigenvalue weighted by Gasteiger charge is 2.32. The van der Waals surface area contributed by atoms with E-state index in [1.165, 1.54) is 0 Å². The van der Waals surface area contributed by atoms with Crippen LogP contribution in [0, 0.1) is 5.92 Å². The van der Waals surface area contributed by atoms with Crippen molar-refractivity contribution in [3.05, 3.63) is 11.8 Å². The molecule has 0 N–H and O–H groups in total. The molecule has 1 fully saturated rings. The van der Waals surface area contributed by atoms with E-state index < -0.39 is 0 Å². The Bertz CT molecular complexity index is 461. The molecule has 0 spiro atoms. The summed E-state index contributed by atoms with van der Waals surface area (Å²) in [5.41, 5.74) is 1.03. The van der Waals surface area contributed by atoms with Crippen LogP contribution in [0.3, 0.4) is 0 Å². The Morgan fingerprint density at radius 3 is 2.61 bits per heavy atom. The number of nitrogens with zero attached hydrogens (tertiary/aromatic N) is 3. The van der Waals surface area contributed by atoms with Gasteiger partial charge < -0.3 is 0 Å². The summed E-state index contributed by atoms with van der Waals surface area (Å²) in [6, 6.07) is 2.04. The Kier molecular flexibility index (Phi) is 3.54. The van der Waals surface area contributed by atoms with E-state index in [0.29, 0.717) is 12.3 Å². The fourth-order valence-corrected chi connectivity index (χ4v) is 2.62. The maximum Gasteiger partial charge on any atom is 0.228 e. The van der Waals surface area contributed by atoms with Crippen LogP contribution in [-0.4, -0.2) is 27.6 Å². The maximum absolute atomic E-state index is 12.0. The second-order valence-electron chi connectivity index (χ2n) is 5.99. The van der Waals surface area contributed by atoms with Crippen molar-refractivity contribution in [3.63, 3.8) is 0 Å². The normalized spacial score (nSPS) is 20.8. The molecule has 1 amide bonds. The third-order valence-corrected chi connectivity index (χ3v) is 4.24. The molecule has 0 aromatic carbocycles. The van der Waals surface area contributed by atoms with Crippen molar-refractivity contribution in [2.75, 3.05) is 16.8 Å². The van der Waals surface area contributed by atoms with Gasteiger partial charge in [0.1, 0.15) is 5.82 Å². The van der Waals surface area contributed by atoms with Crippen molar-refractivity contribution in [1.82, 2.24) is 9.78 Å². The van der Waals surface area contributed by atoms with Crippen LogP contribution in [-0.2, 0) is 17.3 Å². The zero-order valence-electron chi connectivity index (χ0n) is 11.4. The first-order valence-electron chi connectivity index (χ1n) is 6.23. The van der Waals surface area contributed by atoms with Gasteiger partial charge in [0.05, 0.1) is 5.69 Å². The molecule has 1 aromatic rings. The molecule has 0 aliphatic carbocycles. The molecule has 1 saturated heterocycles. The minimum absolute atomic E-state index is 0.00755.